The van der Waals surface area contributed by atoms with Crippen LogP contribution in [0.3, 0.4) is 0 Å². The van der Waals surface area contributed by atoms with E-state index in [1.165, 1.54) is 0 Å². The normalized spacial score (nSPS) is 20.3. The molecule has 1 unspecified atom stereocenters. The lowest BCUT2D eigenvalue weighted by Gasteiger charge is -2.40. The van der Waals surface area contributed by atoms with Gasteiger partial charge in [-0.2, -0.15) is 0 Å². The van der Waals surface area contributed by atoms with E-state index in [1.54, 1.807) is 7.11 Å². The number of nitrogens with zero attached hydrogens (tertiary/aromatic N) is 1. The van der Waals surface area contributed by atoms with Crippen LogP contribution in [0.1, 0.15) is 25.3 Å². The molecule has 2 N–H and O–H groups in total. The van der Waals surface area contributed by atoms with E-state index in [0.29, 0.717) is 6.10 Å². The summed E-state index contributed by atoms with van der Waals surface area (Å²) in [6.45, 7) is 5.91. The number of piperidine rings is 1. The highest BCUT2D eigenvalue weighted by molar-refractivity contribution is 5.25. The molecule has 0 saturated carbocycles. The fraction of sp³-hybridized carbons (Fsp3) is 0.647. The maximum Gasteiger partial charge on any atom is 0.0797 e. The van der Waals surface area contributed by atoms with E-state index in [2.05, 4.69) is 29.3 Å². The average Bonchev–Trinajstić information content (AvgIpc) is 2.56. The third-order valence-corrected chi connectivity index (χ3v) is 4.47. The van der Waals surface area contributed by atoms with Gasteiger partial charge in [0.15, 0.2) is 0 Å². The Balaban J connectivity index is 2.10. The Hall–Kier alpha value is -0.940. The molecule has 118 valence electrons. The first-order valence-electron chi connectivity index (χ1n) is 7.90. The first-order valence-corrected chi connectivity index (χ1v) is 7.90. The minimum Gasteiger partial charge on any atom is -0.394 e. The number of ether oxygens (including phenoxy) is 1. The van der Waals surface area contributed by atoms with E-state index >= 15 is 0 Å². The molecule has 0 amide bonds. The molecule has 1 saturated heterocycles. The monoisotopic (exact) mass is 292 g/mol. The summed E-state index contributed by atoms with van der Waals surface area (Å²) >= 11 is 0. The number of hydrogen-bond acceptors (Lipinski definition) is 4. The zero-order valence-electron chi connectivity index (χ0n) is 13.2. The molecule has 1 aromatic carbocycles. The number of rotatable bonds is 7. The maximum absolute atomic E-state index is 10.1. The van der Waals surface area contributed by atoms with Crippen molar-refractivity contribution in [3.63, 3.8) is 0 Å². The lowest BCUT2D eigenvalue weighted by molar-refractivity contribution is 0.0237. The summed E-state index contributed by atoms with van der Waals surface area (Å²) in [6, 6.07) is 10.3. The molecule has 0 aliphatic carbocycles. The summed E-state index contributed by atoms with van der Waals surface area (Å²) in [5, 5.41) is 13.6. The molecule has 0 spiro atoms. The highest BCUT2D eigenvalue weighted by Crippen LogP contribution is 2.24. The highest BCUT2D eigenvalue weighted by atomic mass is 16.5. The van der Waals surface area contributed by atoms with E-state index in [1.807, 2.05) is 18.2 Å². The Kier molecular flexibility index (Phi) is 6.18. The van der Waals surface area contributed by atoms with Crippen LogP contribution in [-0.4, -0.2) is 56.0 Å². The second-order valence-corrected chi connectivity index (χ2v) is 5.85. The van der Waals surface area contributed by atoms with Crippen molar-refractivity contribution in [1.29, 1.82) is 0 Å². The number of likely N-dealkylation sites (N-methyl/N-ethyl adjacent to an activating group) is 1. The Morgan fingerprint density at radius 3 is 2.48 bits per heavy atom. The minimum absolute atomic E-state index is 0.106. The molecule has 1 aliphatic rings. The van der Waals surface area contributed by atoms with Crippen molar-refractivity contribution < 1.29 is 9.84 Å². The number of aliphatic hydroxyl groups excluding tert-OH is 1. The van der Waals surface area contributed by atoms with Crippen molar-refractivity contribution in [2.75, 3.05) is 39.9 Å². The van der Waals surface area contributed by atoms with Crippen LogP contribution in [0.15, 0.2) is 30.3 Å². The van der Waals surface area contributed by atoms with Crippen molar-refractivity contribution >= 4 is 0 Å². The fourth-order valence-corrected chi connectivity index (χ4v) is 3.23. The zero-order valence-corrected chi connectivity index (χ0v) is 13.2. The molecule has 4 heteroatoms. The predicted molar refractivity (Wildman–Crippen MR) is 85.4 cm³/mol. The fourth-order valence-electron chi connectivity index (χ4n) is 3.23. The highest BCUT2D eigenvalue weighted by Gasteiger charge is 2.34. The molecule has 1 aliphatic heterocycles. The van der Waals surface area contributed by atoms with E-state index in [0.717, 1.165) is 44.6 Å². The number of benzene rings is 1. The molecular weight excluding hydrogens is 264 g/mol. The molecule has 0 aromatic heterocycles. The number of hydrogen-bond donors (Lipinski definition) is 2. The summed E-state index contributed by atoms with van der Waals surface area (Å²) < 4.78 is 5.44. The van der Waals surface area contributed by atoms with Crippen LogP contribution in [0, 0.1) is 0 Å². The maximum atomic E-state index is 10.1. The topological polar surface area (TPSA) is 44.7 Å². The summed E-state index contributed by atoms with van der Waals surface area (Å²) in [7, 11) is 1.79. The van der Waals surface area contributed by atoms with Crippen molar-refractivity contribution in [2.45, 2.75) is 31.4 Å². The van der Waals surface area contributed by atoms with Gasteiger partial charge in [0, 0.05) is 26.7 Å². The number of nitrogens with one attached hydrogen (secondary N) is 1. The molecule has 2 rings (SSSR count). The van der Waals surface area contributed by atoms with Crippen LogP contribution in [-0.2, 0) is 10.3 Å². The summed E-state index contributed by atoms with van der Waals surface area (Å²) in [4.78, 5) is 2.43. The van der Waals surface area contributed by atoms with Gasteiger partial charge in [-0.25, -0.2) is 0 Å². The van der Waals surface area contributed by atoms with Gasteiger partial charge < -0.3 is 20.1 Å². The quantitative estimate of drug-likeness (QED) is 0.801. The Labute approximate surface area is 128 Å². The van der Waals surface area contributed by atoms with Crippen LogP contribution in [0.2, 0.25) is 0 Å². The molecular formula is C17H28N2O2. The molecule has 1 fully saturated rings. The number of likely N-dealkylation sites (tertiary alicyclic amines) is 1. The van der Waals surface area contributed by atoms with Crippen LogP contribution in [0.4, 0.5) is 0 Å². The van der Waals surface area contributed by atoms with Gasteiger partial charge in [0.2, 0.25) is 0 Å². The Bertz CT molecular complexity index is 405. The van der Waals surface area contributed by atoms with Gasteiger partial charge in [-0.1, -0.05) is 37.3 Å². The van der Waals surface area contributed by atoms with E-state index in [4.69, 9.17) is 4.74 Å². The number of aliphatic hydroxyl groups is 1. The first-order chi connectivity index (χ1) is 10.2. The molecule has 0 bridgehead atoms. The largest absolute Gasteiger partial charge is 0.394 e. The molecule has 0 radical (unpaired) electrons. The van der Waals surface area contributed by atoms with Crippen molar-refractivity contribution in [2.24, 2.45) is 0 Å². The summed E-state index contributed by atoms with van der Waals surface area (Å²) in [6.07, 6.45) is 2.53. The smallest absolute Gasteiger partial charge is 0.0797 e. The second-order valence-electron chi connectivity index (χ2n) is 5.85. The third-order valence-electron chi connectivity index (χ3n) is 4.47. The van der Waals surface area contributed by atoms with Gasteiger partial charge in [-0.3, -0.25) is 0 Å². The molecule has 1 atom stereocenters. The van der Waals surface area contributed by atoms with Gasteiger partial charge in [-0.15, -0.1) is 0 Å². The van der Waals surface area contributed by atoms with Gasteiger partial charge >= 0.3 is 0 Å². The average molecular weight is 292 g/mol. The second kappa shape index (κ2) is 7.90. The SMILES string of the molecule is CCNC(CO)(CN1CCC(OC)CC1)c1ccccc1. The van der Waals surface area contributed by atoms with Crippen LogP contribution >= 0.6 is 0 Å². The van der Waals surface area contributed by atoms with Crippen LogP contribution in [0.25, 0.3) is 0 Å². The van der Waals surface area contributed by atoms with Gasteiger partial charge in [-0.05, 0) is 24.9 Å². The zero-order chi connectivity index (χ0) is 15.1. The van der Waals surface area contributed by atoms with E-state index in [9.17, 15) is 5.11 Å². The van der Waals surface area contributed by atoms with Crippen molar-refractivity contribution in [3.05, 3.63) is 35.9 Å². The first kappa shape index (κ1) is 16.4. The van der Waals surface area contributed by atoms with Crippen molar-refractivity contribution in [1.82, 2.24) is 10.2 Å². The molecule has 1 aromatic rings. The molecule has 21 heavy (non-hydrogen) atoms. The third kappa shape index (κ3) is 4.04. The minimum atomic E-state index is -0.379. The summed E-state index contributed by atoms with van der Waals surface area (Å²) in [5.41, 5.74) is 0.777. The summed E-state index contributed by atoms with van der Waals surface area (Å²) in [5.74, 6) is 0. The van der Waals surface area contributed by atoms with Crippen LogP contribution < -0.4 is 5.32 Å². The number of methoxy groups -OCH3 is 1. The predicted octanol–water partition coefficient (Wildman–Crippen LogP) is 1.59. The Morgan fingerprint density at radius 1 is 1.29 bits per heavy atom. The van der Waals surface area contributed by atoms with Gasteiger partial charge in [0.25, 0.3) is 0 Å². The standard InChI is InChI=1S/C17H28N2O2/c1-3-18-17(14-20,15-7-5-4-6-8-15)13-19-11-9-16(21-2)10-12-19/h4-8,16,18,20H,3,9-14H2,1-2H3. The van der Waals surface area contributed by atoms with E-state index in [-0.39, 0.29) is 12.1 Å². The Morgan fingerprint density at radius 2 is 1.95 bits per heavy atom. The van der Waals surface area contributed by atoms with Crippen molar-refractivity contribution in [3.8, 4) is 0 Å². The lowest BCUT2D eigenvalue weighted by atomic mass is 9.89. The van der Waals surface area contributed by atoms with Crippen LogP contribution in [0.5, 0.6) is 0 Å². The molecule has 1 heterocycles. The van der Waals surface area contributed by atoms with Gasteiger partial charge in [0.05, 0.1) is 18.2 Å². The van der Waals surface area contributed by atoms with E-state index < -0.39 is 0 Å². The molecule has 4 nitrogen and oxygen atoms in total. The van der Waals surface area contributed by atoms with Gasteiger partial charge in [0.1, 0.15) is 0 Å². The lowest BCUT2D eigenvalue weighted by Crippen LogP contribution is -2.55.